The lowest BCUT2D eigenvalue weighted by atomic mass is 10.1. The summed E-state index contributed by atoms with van der Waals surface area (Å²) in [5.41, 5.74) is 5.55. The third-order valence-electron chi connectivity index (χ3n) is 6.31. The van der Waals surface area contributed by atoms with Crippen LogP contribution in [0, 0.1) is 13.8 Å². The average molecular weight is 392 g/mol. The highest BCUT2D eigenvalue weighted by Crippen LogP contribution is 2.27. The molecular formula is C25H31N2O2+. The molecule has 1 aromatic heterocycles. The Morgan fingerprint density at radius 3 is 2.55 bits per heavy atom. The molecule has 1 aliphatic heterocycles. The Morgan fingerprint density at radius 2 is 1.79 bits per heavy atom. The van der Waals surface area contributed by atoms with E-state index < -0.39 is 0 Å². The van der Waals surface area contributed by atoms with Crippen LogP contribution in [0.1, 0.15) is 46.4 Å². The van der Waals surface area contributed by atoms with Crippen LogP contribution in [0.15, 0.2) is 48.5 Å². The predicted octanol–water partition coefficient (Wildman–Crippen LogP) is 3.53. The predicted molar refractivity (Wildman–Crippen MR) is 117 cm³/mol. The number of ether oxygens (including phenoxy) is 1. The number of hydrogen-bond donors (Lipinski definition) is 1. The van der Waals surface area contributed by atoms with Gasteiger partial charge in [0.2, 0.25) is 0 Å². The van der Waals surface area contributed by atoms with Crippen LogP contribution in [0.2, 0.25) is 0 Å². The number of fused-ring (bicyclic) bond motifs is 1. The number of benzene rings is 2. The number of carbonyl (C=O) groups excluding carboxylic acids is 1. The van der Waals surface area contributed by atoms with Gasteiger partial charge in [-0.3, -0.25) is 0 Å². The molecule has 4 heteroatoms. The number of nitrogens with one attached hydrogen (secondary N) is 1. The molecule has 3 aromatic rings. The zero-order valence-electron chi connectivity index (χ0n) is 17.5. The van der Waals surface area contributed by atoms with Crippen molar-refractivity contribution in [2.45, 2.75) is 39.7 Å². The molecule has 0 radical (unpaired) electrons. The molecule has 0 spiro atoms. The summed E-state index contributed by atoms with van der Waals surface area (Å²) >= 11 is 0. The molecule has 152 valence electrons. The smallest absolute Gasteiger partial charge is 0.338 e. The minimum Gasteiger partial charge on any atom is -0.456 e. The third kappa shape index (κ3) is 4.38. The highest BCUT2D eigenvalue weighted by Gasteiger charge is 2.17. The van der Waals surface area contributed by atoms with Gasteiger partial charge in [-0.2, -0.15) is 0 Å². The minimum absolute atomic E-state index is 0.212. The number of esters is 1. The number of aromatic nitrogens is 1. The van der Waals surface area contributed by atoms with Crippen LogP contribution >= 0.6 is 0 Å². The van der Waals surface area contributed by atoms with Crippen molar-refractivity contribution in [3.63, 3.8) is 0 Å². The summed E-state index contributed by atoms with van der Waals surface area (Å²) in [6, 6.07) is 16.4. The average Bonchev–Trinajstić information content (AvgIpc) is 2.99. The summed E-state index contributed by atoms with van der Waals surface area (Å²) in [6.07, 6.45) is 3.92. The van der Waals surface area contributed by atoms with E-state index in [1.807, 2.05) is 18.2 Å². The van der Waals surface area contributed by atoms with Gasteiger partial charge in [0.05, 0.1) is 18.7 Å². The molecule has 2 heterocycles. The summed E-state index contributed by atoms with van der Waals surface area (Å²) in [4.78, 5) is 14.1. The van der Waals surface area contributed by atoms with Gasteiger partial charge in [0.15, 0.2) is 0 Å². The van der Waals surface area contributed by atoms with Crippen LogP contribution in [0.5, 0.6) is 0 Å². The molecule has 1 saturated heterocycles. The van der Waals surface area contributed by atoms with Crippen molar-refractivity contribution in [1.82, 2.24) is 4.57 Å². The second-order valence-corrected chi connectivity index (χ2v) is 8.21. The number of piperidine rings is 1. The number of hydrogen-bond acceptors (Lipinski definition) is 2. The molecule has 0 unspecified atom stereocenters. The molecule has 0 aliphatic carbocycles. The number of quaternary nitrogens is 1. The van der Waals surface area contributed by atoms with Gasteiger partial charge in [-0.15, -0.1) is 0 Å². The second-order valence-electron chi connectivity index (χ2n) is 8.21. The van der Waals surface area contributed by atoms with E-state index in [2.05, 4.69) is 48.7 Å². The van der Waals surface area contributed by atoms with Gasteiger partial charge in [0.25, 0.3) is 0 Å². The first-order chi connectivity index (χ1) is 14.1. The molecule has 1 aliphatic rings. The molecule has 0 saturated carbocycles. The lowest BCUT2D eigenvalue weighted by Gasteiger charge is -2.23. The van der Waals surface area contributed by atoms with E-state index in [0.717, 1.165) is 24.0 Å². The standard InChI is InChI=1S/C25H30N2O2/c1-19-20(2)27(18-21-9-5-3-6-10-21)24-12-11-22(17-23(19)24)25(28)29-16-15-26-13-7-4-8-14-26/h3,5-6,9-12,17H,4,7-8,13-16,18H2,1-2H3/p+1. The van der Waals surface area contributed by atoms with E-state index in [0.29, 0.717) is 12.2 Å². The van der Waals surface area contributed by atoms with Gasteiger partial charge in [0.1, 0.15) is 13.2 Å². The fourth-order valence-corrected chi connectivity index (χ4v) is 4.42. The van der Waals surface area contributed by atoms with E-state index >= 15 is 0 Å². The third-order valence-corrected chi connectivity index (χ3v) is 6.31. The van der Waals surface area contributed by atoms with Crippen molar-refractivity contribution in [1.29, 1.82) is 0 Å². The maximum atomic E-state index is 12.6. The molecule has 0 amide bonds. The Hall–Kier alpha value is -2.59. The number of aryl methyl sites for hydroxylation is 1. The SMILES string of the molecule is Cc1c(C)n(Cc2ccccc2)c2ccc(C(=O)OCC[NH+]3CCCCC3)cc12. The largest absolute Gasteiger partial charge is 0.456 e. The fourth-order valence-electron chi connectivity index (χ4n) is 4.42. The number of rotatable bonds is 6. The van der Waals surface area contributed by atoms with Crippen LogP contribution in [0.25, 0.3) is 10.9 Å². The quantitative estimate of drug-likeness (QED) is 0.653. The Balaban J connectivity index is 1.48. The molecule has 4 nitrogen and oxygen atoms in total. The van der Waals surface area contributed by atoms with E-state index in [1.54, 1.807) is 4.90 Å². The van der Waals surface area contributed by atoms with Gasteiger partial charge in [-0.05, 0) is 62.4 Å². The molecular weight excluding hydrogens is 360 g/mol. The monoisotopic (exact) mass is 391 g/mol. The minimum atomic E-state index is -0.212. The van der Waals surface area contributed by atoms with Gasteiger partial charge in [-0.25, -0.2) is 4.79 Å². The van der Waals surface area contributed by atoms with Crippen molar-refractivity contribution < 1.29 is 14.4 Å². The lowest BCUT2D eigenvalue weighted by Crippen LogP contribution is -3.13. The maximum absolute atomic E-state index is 12.6. The summed E-state index contributed by atoms with van der Waals surface area (Å²) < 4.78 is 7.91. The van der Waals surface area contributed by atoms with Gasteiger partial charge in [-0.1, -0.05) is 30.3 Å². The Kier molecular flexibility index (Phi) is 6.00. The number of carbonyl (C=O) groups is 1. The second kappa shape index (κ2) is 8.83. The highest BCUT2D eigenvalue weighted by molar-refractivity contribution is 5.96. The summed E-state index contributed by atoms with van der Waals surface area (Å²) in [5, 5.41) is 1.13. The zero-order valence-corrected chi connectivity index (χ0v) is 17.5. The molecule has 0 bridgehead atoms. The summed E-state index contributed by atoms with van der Waals surface area (Å²) in [5.74, 6) is -0.212. The number of nitrogens with zero attached hydrogens (tertiary/aromatic N) is 1. The van der Waals surface area contributed by atoms with Gasteiger partial charge < -0.3 is 14.2 Å². The molecule has 1 fully saturated rings. The fraction of sp³-hybridized carbons (Fsp3) is 0.400. The maximum Gasteiger partial charge on any atom is 0.338 e. The lowest BCUT2D eigenvalue weighted by molar-refractivity contribution is -0.905. The molecule has 1 N–H and O–H groups in total. The summed E-state index contributed by atoms with van der Waals surface area (Å²) in [7, 11) is 0. The van der Waals surface area contributed by atoms with Crippen LogP contribution in [0.4, 0.5) is 0 Å². The first kappa shape index (κ1) is 19.7. The van der Waals surface area contributed by atoms with Gasteiger partial charge >= 0.3 is 5.97 Å². The summed E-state index contributed by atoms with van der Waals surface area (Å²) in [6.45, 7) is 8.94. The Labute approximate surface area is 173 Å². The van der Waals surface area contributed by atoms with Crippen LogP contribution in [0.3, 0.4) is 0 Å². The normalized spacial score (nSPS) is 15.0. The first-order valence-electron chi connectivity index (χ1n) is 10.8. The number of likely N-dealkylation sites (tertiary alicyclic amines) is 1. The Morgan fingerprint density at radius 1 is 1.03 bits per heavy atom. The van der Waals surface area contributed by atoms with Crippen LogP contribution < -0.4 is 4.90 Å². The Bertz CT molecular complexity index is 985. The van der Waals surface area contributed by atoms with E-state index in [1.165, 1.54) is 49.2 Å². The van der Waals surface area contributed by atoms with Crippen LogP contribution in [-0.2, 0) is 11.3 Å². The topological polar surface area (TPSA) is 35.7 Å². The molecule has 0 atom stereocenters. The highest BCUT2D eigenvalue weighted by atomic mass is 16.5. The van der Waals surface area contributed by atoms with E-state index in [4.69, 9.17) is 4.74 Å². The zero-order chi connectivity index (χ0) is 20.2. The van der Waals surface area contributed by atoms with E-state index in [-0.39, 0.29) is 5.97 Å². The molecule has 2 aromatic carbocycles. The van der Waals surface area contributed by atoms with Gasteiger partial charge in [0, 0.05) is 23.1 Å². The van der Waals surface area contributed by atoms with Crippen molar-refractivity contribution >= 4 is 16.9 Å². The van der Waals surface area contributed by atoms with Crippen molar-refractivity contribution in [3.05, 3.63) is 70.9 Å². The van der Waals surface area contributed by atoms with Crippen molar-refractivity contribution in [2.24, 2.45) is 0 Å². The van der Waals surface area contributed by atoms with Crippen LogP contribution in [-0.4, -0.2) is 36.8 Å². The van der Waals surface area contributed by atoms with Crippen molar-refractivity contribution in [2.75, 3.05) is 26.2 Å². The first-order valence-corrected chi connectivity index (χ1v) is 10.8. The van der Waals surface area contributed by atoms with Crippen molar-refractivity contribution in [3.8, 4) is 0 Å². The van der Waals surface area contributed by atoms with E-state index in [9.17, 15) is 4.79 Å². The molecule has 29 heavy (non-hydrogen) atoms. The molecule has 4 rings (SSSR count).